The third-order valence-corrected chi connectivity index (χ3v) is 6.56. The Labute approximate surface area is 148 Å². The number of allylic oxidation sites excluding steroid dienone is 4. The van der Waals surface area contributed by atoms with E-state index in [4.69, 9.17) is 4.89 Å². The highest BCUT2D eigenvalue weighted by Gasteiger charge is 2.41. The van der Waals surface area contributed by atoms with Crippen molar-refractivity contribution in [3.63, 3.8) is 0 Å². The smallest absolute Gasteiger partial charge is 0.128 e. The van der Waals surface area contributed by atoms with Crippen LogP contribution < -0.4 is 0 Å². The van der Waals surface area contributed by atoms with Gasteiger partial charge in [-0.15, -0.1) is 0 Å². The molecule has 6 atom stereocenters. The van der Waals surface area contributed by atoms with Crippen molar-refractivity contribution in [2.75, 3.05) is 0 Å². The summed E-state index contributed by atoms with van der Waals surface area (Å²) in [6.07, 6.45) is 20.5. The zero-order valence-electron chi connectivity index (χ0n) is 15.9. The predicted molar refractivity (Wildman–Crippen MR) is 102 cm³/mol. The van der Waals surface area contributed by atoms with Gasteiger partial charge in [0.2, 0.25) is 0 Å². The van der Waals surface area contributed by atoms with Crippen molar-refractivity contribution in [1.82, 2.24) is 0 Å². The van der Waals surface area contributed by atoms with Crippen LogP contribution in [0.1, 0.15) is 66.2 Å². The molecule has 2 rings (SSSR count). The molecule has 2 heteroatoms. The largest absolute Gasteiger partial charge is 0.251 e. The van der Waals surface area contributed by atoms with Gasteiger partial charge in [0, 0.05) is 5.92 Å². The molecule has 0 aromatic rings. The Kier molecular flexibility index (Phi) is 7.31. The summed E-state index contributed by atoms with van der Waals surface area (Å²) in [7, 11) is 0. The summed E-state index contributed by atoms with van der Waals surface area (Å²) >= 11 is 0. The van der Waals surface area contributed by atoms with Crippen LogP contribution in [-0.2, 0) is 4.89 Å². The molecule has 136 valence electrons. The molecule has 0 spiro atoms. The van der Waals surface area contributed by atoms with Gasteiger partial charge >= 0.3 is 0 Å². The van der Waals surface area contributed by atoms with E-state index in [2.05, 4.69) is 64.2 Å². The van der Waals surface area contributed by atoms with Crippen molar-refractivity contribution in [2.24, 2.45) is 29.6 Å². The molecule has 0 saturated carbocycles. The lowest BCUT2D eigenvalue weighted by atomic mass is 9.68. The SMILES string of the molecule is CCC1C=CCC(CC)C1/C=C/C1C(CC)CC=CC1(CC)OO. The Morgan fingerprint density at radius 3 is 2.29 bits per heavy atom. The molecule has 0 amide bonds. The zero-order valence-corrected chi connectivity index (χ0v) is 15.9. The first-order chi connectivity index (χ1) is 11.7. The fourth-order valence-corrected chi connectivity index (χ4v) is 4.81. The summed E-state index contributed by atoms with van der Waals surface area (Å²) in [6, 6.07) is 0. The second-order valence-corrected chi connectivity index (χ2v) is 7.60. The average molecular weight is 333 g/mol. The molecule has 0 aromatic carbocycles. The first-order valence-corrected chi connectivity index (χ1v) is 10.0. The van der Waals surface area contributed by atoms with Crippen molar-refractivity contribution in [3.8, 4) is 0 Å². The molecule has 0 saturated heterocycles. The predicted octanol–water partition coefficient (Wildman–Crippen LogP) is 6.41. The second-order valence-electron chi connectivity index (χ2n) is 7.60. The molecule has 6 unspecified atom stereocenters. The van der Waals surface area contributed by atoms with Crippen LogP contribution in [0.25, 0.3) is 0 Å². The first-order valence-electron chi connectivity index (χ1n) is 10.0. The van der Waals surface area contributed by atoms with Gasteiger partial charge in [-0.1, -0.05) is 77.0 Å². The van der Waals surface area contributed by atoms with Gasteiger partial charge in [-0.05, 0) is 49.4 Å². The second kappa shape index (κ2) is 9.01. The Balaban J connectivity index is 2.28. The van der Waals surface area contributed by atoms with E-state index in [0.29, 0.717) is 17.8 Å². The molecular formula is C22H36O2. The molecule has 2 aliphatic carbocycles. The maximum Gasteiger partial charge on any atom is 0.128 e. The number of rotatable bonds is 7. The van der Waals surface area contributed by atoms with Crippen LogP contribution in [0, 0.1) is 29.6 Å². The van der Waals surface area contributed by atoms with Crippen LogP contribution in [0.2, 0.25) is 0 Å². The van der Waals surface area contributed by atoms with Crippen molar-refractivity contribution in [3.05, 3.63) is 36.5 Å². The zero-order chi connectivity index (χ0) is 17.6. The van der Waals surface area contributed by atoms with Crippen LogP contribution in [0.5, 0.6) is 0 Å². The molecule has 0 fully saturated rings. The minimum atomic E-state index is -0.552. The van der Waals surface area contributed by atoms with E-state index >= 15 is 0 Å². The Morgan fingerprint density at radius 2 is 1.71 bits per heavy atom. The van der Waals surface area contributed by atoms with Gasteiger partial charge in [0.25, 0.3) is 0 Å². The van der Waals surface area contributed by atoms with Crippen LogP contribution in [0.4, 0.5) is 0 Å². The minimum Gasteiger partial charge on any atom is -0.251 e. The van der Waals surface area contributed by atoms with E-state index < -0.39 is 5.60 Å². The summed E-state index contributed by atoms with van der Waals surface area (Å²) in [4.78, 5) is 5.07. The van der Waals surface area contributed by atoms with Crippen LogP contribution in [0.15, 0.2) is 36.5 Å². The highest BCUT2D eigenvalue weighted by molar-refractivity contribution is 5.18. The van der Waals surface area contributed by atoms with E-state index in [1.54, 1.807) is 0 Å². The lowest BCUT2D eigenvalue weighted by Crippen LogP contribution is -2.43. The third-order valence-electron chi connectivity index (χ3n) is 6.56. The fourth-order valence-electron chi connectivity index (χ4n) is 4.81. The molecule has 1 N–H and O–H groups in total. The van der Waals surface area contributed by atoms with Gasteiger partial charge in [-0.25, -0.2) is 4.89 Å². The van der Waals surface area contributed by atoms with Gasteiger partial charge in [-0.2, -0.15) is 0 Å². The topological polar surface area (TPSA) is 29.5 Å². The summed E-state index contributed by atoms with van der Waals surface area (Å²) in [6.45, 7) is 8.95. The molecule has 0 aliphatic heterocycles. The number of hydrogen-bond donors (Lipinski definition) is 1. The number of hydrogen-bond acceptors (Lipinski definition) is 2. The van der Waals surface area contributed by atoms with Crippen molar-refractivity contribution in [2.45, 2.75) is 71.8 Å². The summed E-state index contributed by atoms with van der Waals surface area (Å²) in [5.74, 6) is 2.79. The molecule has 0 aromatic heterocycles. The molecule has 2 aliphatic rings. The summed E-state index contributed by atoms with van der Waals surface area (Å²) in [5.41, 5.74) is -0.552. The van der Waals surface area contributed by atoms with E-state index in [1.165, 1.54) is 19.3 Å². The maximum atomic E-state index is 9.66. The van der Waals surface area contributed by atoms with Crippen molar-refractivity contribution < 1.29 is 10.1 Å². The normalized spacial score (nSPS) is 39.6. The van der Waals surface area contributed by atoms with Crippen LogP contribution in [-0.4, -0.2) is 10.9 Å². The summed E-state index contributed by atoms with van der Waals surface area (Å²) < 4.78 is 0. The van der Waals surface area contributed by atoms with Crippen molar-refractivity contribution >= 4 is 0 Å². The highest BCUT2D eigenvalue weighted by Crippen LogP contribution is 2.42. The van der Waals surface area contributed by atoms with Crippen LogP contribution >= 0.6 is 0 Å². The van der Waals surface area contributed by atoms with Crippen molar-refractivity contribution in [1.29, 1.82) is 0 Å². The molecule has 0 radical (unpaired) electrons. The van der Waals surface area contributed by atoms with Gasteiger partial charge in [-0.3, -0.25) is 5.26 Å². The summed E-state index contributed by atoms with van der Waals surface area (Å²) in [5, 5.41) is 9.66. The molecule has 24 heavy (non-hydrogen) atoms. The molecule has 2 nitrogen and oxygen atoms in total. The van der Waals surface area contributed by atoms with Gasteiger partial charge < -0.3 is 0 Å². The van der Waals surface area contributed by atoms with Gasteiger partial charge in [0.1, 0.15) is 5.60 Å². The Bertz CT molecular complexity index is 459. The lowest BCUT2D eigenvalue weighted by Gasteiger charge is -2.41. The first kappa shape index (κ1) is 19.5. The maximum absolute atomic E-state index is 9.66. The van der Waals surface area contributed by atoms with E-state index in [1.807, 2.05) is 0 Å². The van der Waals surface area contributed by atoms with Gasteiger partial charge in [0.15, 0.2) is 0 Å². The fraction of sp³-hybridized carbons (Fsp3) is 0.727. The van der Waals surface area contributed by atoms with E-state index in [-0.39, 0.29) is 5.92 Å². The van der Waals surface area contributed by atoms with Gasteiger partial charge in [0.05, 0.1) is 0 Å². The molecule has 0 heterocycles. The van der Waals surface area contributed by atoms with E-state index in [9.17, 15) is 5.26 Å². The Hall–Kier alpha value is -0.860. The van der Waals surface area contributed by atoms with Crippen LogP contribution in [0.3, 0.4) is 0 Å². The Morgan fingerprint density at radius 1 is 1.00 bits per heavy atom. The minimum absolute atomic E-state index is 0.253. The highest BCUT2D eigenvalue weighted by atomic mass is 17.1. The molecular weight excluding hydrogens is 296 g/mol. The average Bonchev–Trinajstić information content (AvgIpc) is 2.65. The quantitative estimate of drug-likeness (QED) is 0.331. The monoisotopic (exact) mass is 332 g/mol. The standard InChI is InChI=1S/C22H36O2/c1-5-17-11-9-12-18(6-2)20(17)14-15-21-19(7-3)13-10-16-22(21,8-4)24-23/h9-11,14-21,23H,5-8,12-13H2,1-4H3/b15-14+. The third kappa shape index (κ3) is 3.86. The van der Waals surface area contributed by atoms with E-state index in [0.717, 1.165) is 25.2 Å². The molecule has 0 bridgehead atoms. The lowest BCUT2D eigenvalue weighted by molar-refractivity contribution is -0.323.